The van der Waals surface area contributed by atoms with E-state index in [-0.39, 0.29) is 0 Å². The highest BCUT2D eigenvalue weighted by molar-refractivity contribution is 7.13. The summed E-state index contributed by atoms with van der Waals surface area (Å²) in [5.74, 6) is 0.915. The highest BCUT2D eigenvalue weighted by Gasteiger charge is 2.05. The topological polar surface area (TPSA) is 22.1 Å². The first-order chi connectivity index (χ1) is 5.83. The lowest BCUT2D eigenvalue weighted by Gasteiger charge is -1.98. The van der Waals surface area contributed by atoms with Gasteiger partial charge in [0.2, 0.25) is 0 Å². The number of fused-ring (bicyclic) bond motifs is 1. The van der Waals surface area contributed by atoms with Crippen LogP contribution in [-0.2, 0) is 0 Å². The number of benzene rings is 1. The lowest BCUT2D eigenvalue weighted by Crippen LogP contribution is -1.81. The van der Waals surface area contributed by atoms with Gasteiger partial charge in [-0.3, -0.25) is 0 Å². The van der Waals surface area contributed by atoms with Crippen LogP contribution in [0, 0.1) is 6.92 Å². The van der Waals surface area contributed by atoms with Crippen molar-refractivity contribution in [2.24, 2.45) is 0 Å². The molecule has 0 saturated heterocycles. The fraction of sp³-hybridized carbons (Fsp3) is 0.222. The Hall–Kier alpha value is -1.09. The summed E-state index contributed by atoms with van der Waals surface area (Å²) < 4.78 is 10.6. The van der Waals surface area contributed by atoms with Crippen LogP contribution in [0.25, 0.3) is 10.1 Å². The number of ether oxygens (including phenoxy) is 1. The van der Waals surface area contributed by atoms with Crippen LogP contribution in [0.4, 0.5) is 0 Å². The molecule has 0 aliphatic heterocycles. The Bertz CT molecular complexity index is 408. The number of methoxy groups -OCH3 is 1. The molecule has 0 fully saturated rings. The van der Waals surface area contributed by atoms with Crippen molar-refractivity contribution in [2.45, 2.75) is 6.92 Å². The molecule has 0 N–H and O–H groups in total. The third-order valence-electron chi connectivity index (χ3n) is 1.86. The molecule has 3 heteroatoms. The second-order valence-electron chi connectivity index (χ2n) is 2.60. The summed E-state index contributed by atoms with van der Waals surface area (Å²) in [6.07, 6.45) is 0. The standard InChI is InChI=1S/C9H9NOS/c1-6-7-4-3-5-8(11-2)9(7)12-10-6/h3-5H,1-2H3. The first kappa shape index (κ1) is 7.55. The van der Waals surface area contributed by atoms with Crippen LogP contribution in [0.1, 0.15) is 5.69 Å². The number of nitrogens with zero attached hydrogens (tertiary/aromatic N) is 1. The number of aryl methyl sites for hydroxylation is 1. The minimum atomic E-state index is 0.915. The van der Waals surface area contributed by atoms with Crippen LogP contribution in [0.5, 0.6) is 5.75 Å². The van der Waals surface area contributed by atoms with Crippen molar-refractivity contribution >= 4 is 21.6 Å². The van der Waals surface area contributed by atoms with E-state index in [9.17, 15) is 0 Å². The van der Waals surface area contributed by atoms with Gasteiger partial charge in [-0.2, -0.15) is 4.37 Å². The SMILES string of the molecule is COc1cccc2c(C)nsc12. The van der Waals surface area contributed by atoms with Gasteiger partial charge in [-0.15, -0.1) is 0 Å². The second-order valence-corrected chi connectivity index (χ2v) is 3.38. The lowest BCUT2D eigenvalue weighted by molar-refractivity contribution is 0.420. The molecule has 62 valence electrons. The molecular formula is C9H9NOS. The molecule has 1 aromatic carbocycles. The molecular weight excluding hydrogens is 170 g/mol. The van der Waals surface area contributed by atoms with E-state index in [1.54, 1.807) is 7.11 Å². The van der Waals surface area contributed by atoms with Crippen LogP contribution in [0.15, 0.2) is 18.2 Å². The predicted octanol–water partition coefficient (Wildman–Crippen LogP) is 2.61. The van der Waals surface area contributed by atoms with Gasteiger partial charge in [0.15, 0.2) is 0 Å². The summed E-state index contributed by atoms with van der Waals surface area (Å²) in [7, 11) is 1.68. The maximum Gasteiger partial charge on any atom is 0.138 e. The molecule has 12 heavy (non-hydrogen) atoms. The molecule has 2 rings (SSSR count). The molecule has 0 amide bonds. The van der Waals surface area contributed by atoms with Gasteiger partial charge in [-0.25, -0.2) is 0 Å². The van der Waals surface area contributed by atoms with Gasteiger partial charge in [-0.1, -0.05) is 12.1 Å². The molecule has 0 aliphatic rings. The summed E-state index contributed by atoms with van der Waals surface area (Å²) in [4.78, 5) is 0. The van der Waals surface area contributed by atoms with Crippen LogP contribution < -0.4 is 4.74 Å². The van der Waals surface area contributed by atoms with E-state index in [0.717, 1.165) is 16.1 Å². The van der Waals surface area contributed by atoms with E-state index in [4.69, 9.17) is 4.74 Å². The Morgan fingerprint density at radius 1 is 1.42 bits per heavy atom. The van der Waals surface area contributed by atoms with Crippen molar-refractivity contribution in [3.8, 4) is 5.75 Å². The van der Waals surface area contributed by atoms with Crippen molar-refractivity contribution in [3.05, 3.63) is 23.9 Å². The average Bonchev–Trinajstić information content (AvgIpc) is 2.48. The van der Waals surface area contributed by atoms with E-state index in [1.807, 2.05) is 19.1 Å². The van der Waals surface area contributed by atoms with Crippen LogP contribution in [0.2, 0.25) is 0 Å². The molecule has 1 aromatic heterocycles. The zero-order valence-electron chi connectivity index (χ0n) is 7.00. The van der Waals surface area contributed by atoms with Gasteiger partial charge < -0.3 is 4.74 Å². The Kier molecular flexibility index (Phi) is 1.73. The number of hydrogen-bond acceptors (Lipinski definition) is 3. The molecule has 0 aliphatic carbocycles. The smallest absolute Gasteiger partial charge is 0.138 e. The van der Waals surface area contributed by atoms with Gasteiger partial charge >= 0.3 is 0 Å². The van der Waals surface area contributed by atoms with Crippen molar-refractivity contribution in [1.29, 1.82) is 0 Å². The number of rotatable bonds is 1. The molecule has 0 spiro atoms. The van der Waals surface area contributed by atoms with Gasteiger partial charge in [0.1, 0.15) is 5.75 Å². The van der Waals surface area contributed by atoms with Crippen molar-refractivity contribution < 1.29 is 4.74 Å². The maximum atomic E-state index is 5.21. The van der Waals surface area contributed by atoms with E-state index in [0.29, 0.717) is 0 Å². The largest absolute Gasteiger partial charge is 0.495 e. The minimum absolute atomic E-state index is 0.915. The molecule has 0 bridgehead atoms. The van der Waals surface area contributed by atoms with Crippen LogP contribution in [-0.4, -0.2) is 11.5 Å². The van der Waals surface area contributed by atoms with Crippen LogP contribution in [0.3, 0.4) is 0 Å². The quantitative estimate of drug-likeness (QED) is 0.671. The summed E-state index contributed by atoms with van der Waals surface area (Å²) in [5.41, 5.74) is 1.08. The van der Waals surface area contributed by atoms with Gasteiger partial charge in [0.25, 0.3) is 0 Å². The molecule has 0 saturated carbocycles. The Morgan fingerprint density at radius 2 is 2.25 bits per heavy atom. The van der Waals surface area contributed by atoms with E-state index < -0.39 is 0 Å². The van der Waals surface area contributed by atoms with E-state index in [2.05, 4.69) is 10.4 Å². The number of hydrogen-bond donors (Lipinski definition) is 0. The third-order valence-corrected chi connectivity index (χ3v) is 2.83. The highest BCUT2D eigenvalue weighted by Crippen LogP contribution is 2.30. The Morgan fingerprint density at radius 3 is 3.00 bits per heavy atom. The van der Waals surface area contributed by atoms with Crippen molar-refractivity contribution in [1.82, 2.24) is 4.37 Å². The first-order valence-corrected chi connectivity index (χ1v) is 4.49. The summed E-state index contributed by atoms with van der Waals surface area (Å²) >= 11 is 1.49. The summed E-state index contributed by atoms with van der Waals surface area (Å²) in [5, 5.41) is 1.19. The fourth-order valence-corrected chi connectivity index (χ4v) is 2.10. The zero-order valence-corrected chi connectivity index (χ0v) is 7.81. The molecule has 0 unspecified atom stereocenters. The molecule has 0 radical (unpaired) electrons. The van der Waals surface area contributed by atoms with Gasteiger partial charge in [0, 0.05) is 5.39 Å². The molecule has 0 atom stereocenters. The number of aromatic nitrogens is 1. The molecule has 1 heterocycles. The normalized spacial score (nSPS) is 10.5. The monoisotopic (exact) mass is 179 g/mol. The Labute approximate surface area is 75.0 Å². The third kappa shape index (κ3) is 0.975. The summed E-state index contributed by atoms with van der Waals surface area (Å²) in [6.45, 7) is 2.01. The lowest BCUT2D eigenvalue weighted by atomic mass is 10.2. The van der Waals surface area contributed by atoms with Crippen LogP contribution >= 0.6 is 11.5 Å². The highest BCUT2D eigenvalue weighted by atomic mass is 32.1. The predicted molar refractivity (Wildman–Crippen MR) is 50.9 cm³/mol. The van der Waals surface area contributed by atoms with Gasteiger partial charge in [0.05, 0.1) is 17.5 Å². The second kappa shape index (κ2) is 2.75. The summed E-state index contributed by atoms with van der Waals surface area (Å²) in [6, 6.07) is 6.01. The first-order valence-electron chi connectivity index (χ1n) is 3.72. The van der Waals surface area contributed by atoms with E-state index in [1.165, 1.54) is 16.9 Å². The molecule has 2 aromatic rings. The van der Waals surface area contributed by atoms with E-state index >= 15 is 0 Å². The minimum Gasteiger partial charge on any atom is -0.495 e. The molecule has 2 nitrogen and oxygen atoms in total. The maximum absolute atomic E-state index is 5.21. The van der Waals surface area contributed by atoms with Gasteiger partial charge in [-0.05, 0) is 24.5 Å². The van der Waals surface area contributed by atoms with Crippen molar-refractivity contribution in [2.75, 3.05) is 7.11 Å². The zero-order chi connectivity index (χ0) is 8.55. The Balaban J connectivity index is 2.81. The average molecular weight is 179 g/mol. The fourth-order valence-electron chi connectivity index (χ4n) is 1.22. The van der Waals surface area contributed by atoms with Crippen molar-refractivity contribution in [3.63, 3.8) is 0 Å².